The van der Waals surface area contributed by atoms with Crippen molar-refractivity contribution >= 4 is 23.2 Å². The maximum Gasteiger partial charge on any atom is 0.241 e. The molecule has 5 heteroatoms. The van der Waals surface area contributed by atoms with E-state index in [2.05, 4.69) is 5.32 Å². The van der Waals surface area contributed by atoms with Gasteiger partial charge in [0.1, 0.15) is 0 Å². The van der Waals surface area contributed by atoms with Gasteiger partial charge in [-0.2, -0.15) is 0 Å². The van der Waals surface area contributed by atoms with E-state index in [0.717, 1.165) is 18.7 Å². The molecule has 1 aliphatic heterocycles. The summed E-state index contributed by atoms with van der Waals surface area (Å²) in [4.78, 5) is 25.7. The quantitative estimate of drug-likeness (QED) is 0.895. The fraction of sp³-hybridized carbons (Fsp3) is 0.500. The summed E-state index contributed by atoms with van der Waals surface area (Å²) in [5.41, 5.74) is 7.13. The fourth-order valence-corrected chi connectivity index (χ4v) is 2.29. The average Bonchev–Trinajstić information content (AvgIpc) is 2.83. The highest BCUT2D eigenvalue weighted by Crippen LogP contribution is 2.25. The number of nitrogens with two attached hydrogens (primary N) is 1. The van der Waals surface area contributed by atoms with Gasteiger partial charge in [0.2, 0.25) is 11.8 Å². The minimum absolute atomic E-state index is 0.130. The molecule has 0 aliphatic carbocycles. The van der Waals surface area contributed by atoms with E-state index in [1.165, 1.54) is 0 Å². The molecule has 1 aromatic carbocycles. The van der Waals surface area contributed by atoms with Gasteiger partial charge in [-0.15, -0.1) is 0 Å². The van der Waals surface area contributed by atoms with Crippen LogP contribution in [0.15, 0.2) is 24.3 Å². The Bertz CT molecular complexity index is 549. The second kappa shape index (κ2) is 5.85. The van der Waals surface area contributed by atoms with Gasteiger partial charge >= 0.3 is 0 Å². The summed E-state index contributed by atoms with van der Waals surface area (Å²) < 4.78 is 0. The minimum atomic E-state index is -0.588. The molecule has 0 radical (unpaired) electrons. The van der Waals surface area contributed by atoms with Crippen LogP contribution < -0.4 is 16.0 Å². The van der Waals surface area contributed by atoms with Gasteiger partial charge in [0.15, 0.2) is 0 Å². The van der Waals surface area contributed by atoms with E-state index >= 15 is 0 Å². The highest BCUT2D eigenvalue weighted by Gasteiger charge is 2.27. The summed E-state index contributed by atoms with van der Waals surface area (Å²) in [5.74, 6) is -0.0859. The fourth-order valence-electron chi connectivity index (χ4n) is 2.29. The van der Waals surface area contributed by atoms with Crippen molar-refractivity contribution in [2.75, 3.05) is 16.8 Å². The Labute approximate surface area is 125 Å². The summed E-state index contributed by atoms with van der Waals surface area (Å²) >= 11 is 0. The van der Waals surface area contributed by atoms with Crippen molar-refractivity contribution in [1.29, 1.82) is 0 Å². The lowest BCUT2D eigenvalue weighted by molar-refractivity contribution is -0.119. The second-order valence-corrected chi connectivity index (χ2v) is 6.53. The normalized spacial score (nSPS) is 17.0. The van der Waals surface area contributed by atoms with Gasteiger partial charge < -0.3 is 16.0 Å². The molecular weight excluding hydrogens is 266 g/mol. The number of anilines is 2. The van der Waals surface area contributed by atoms with Crippen LogP contribution in [-0.2, 0) is 9.59 Å². The van der Waals surface area contributed by atoms with E-state index < -0.39 is 6.04 Å². The molecule has 2 amide bonds. The lowest BCUT2D eigenvalue weighted by Crippen LogP contribution is -2.45. The van der Waals surface area contributed by atoms with E-state index in [4.69, 9.17) is 5.73 Å². The molecule has 21 heavy (non-hydrogen) atoms. The van der Waals surface area contributed by atoms with Crippen LogP contribution in [0.3, 0.4) is 0 Å². The molecule has 1 saturated heterocycles. The van der Waals surface area contributed by atoms with Crippen molar-refractivity contribution in [3.8, 4) is 0 Å². The maximum atomic E-state index is 12.1. The van der Waals surface area contributed by atoms with Crippen LogP contribution in [0.4, 0.5) is 11.4 Å². The second-order valence-electron chi connectivity index (χ2n) is 6.53. The molecule has 1 aliphatic rings. The van der Waals surface area contributed by atoms with Gasteiger partial charge in [0, 0.05) is 24.3 Å². The Hall–Kier alpha value is -1.88. The number of nitrogens with one attached hydrogen (secondary N) is 1. The largest absolute Gasteiger partial charge is 0.325 e. The van der Waals surface area contributed by atoms with Gasteiger partial charge in [-0.05, 0) is 30.0 Å². The first kappa shape index (κ1) is 15.5. The van der Waals surface area contributed by atoms with Crippen molar-refractivity contribution in [3.05, 3.63) is 24.3 Å². The van der Waals surface area contributed by atoms with Crippen LogP contribution in [0.1, 0.15) is 33.6 Å². The van der Waals surface area contributed by atoms with Gasteiger partial charge in [0.05, 0.1) is 6.04 Å². The summed E-state index contributed by atoms with van der Waals surface area (Å²) in [6, 6.07) is 6.74. The number of benzene rings is 1. The van der Waals surface area contributed by atoms with E-state index in [0.29, 0.717) is 12.1 Å². The van der Waals surface area contributed by atoms with Gasteiger partial charge in [-0.1, -0.05) is 26.8 Å². The maximum absolute atomic E-state index is 12.1. The van der Waals surface area contributed by atoms with E-state index in [1.807, 2.05) is 39.0 Å². The number of rotatable bonds is 3. The SMILES string of the molecule is CC(C)(C)[C@@H](N)C(=O)Nc1cccc(N2CCCC2=O)c1. The smallest absolute Gasteiger partial charge is 0.241 e. The summed E-state index contributed by atoms with van der Waals surface area (Å²) in [6.45, 7) is 6.52. The molecule has 0 aromatic heterocycles. The molecule has 0 bridgehead atoms. The van der Waals surface area contributed by atoms with Crippen molar-refractivity contribution in [1.82, 2.24) is 0 Å². The van der Waals surface area contributed by atoms with Crippen LogP contribution in [-0.4, -0.2) is 24.4 Å². The molecule has 1 heterocycles. The Morgan fingerprint density at radius 3 is 2.67 bits per heavy atom. The predicted octanol–water partition coefficient (Wildman–Crippen LogP) is 2.13. The molecule has 114 valence electrons. The molecule has 1 aromatic rings. The van der Waals surface area contributed by atoms with Crippen LogP contribution in [0.25, 0.3) is 0 Å². The van der Waals surface area contributed by atoms with E-state index in [9.17, 15) is 9.59 Å². The number of carbonyl (C=O) groups excluding carboxylic acids is 2. The van der Waals surface area contributed by atoms with Crippen molar-refractivity contribution in [2.24, 2.45) is 11.1 Å². The van der Waals surface area contributed by atoms with Crippen LogP contribution >= 0.6 is 0 Å². The molecule has 0 spiro atoms. The van der Waals surface area contributed by atoms with Crippen LogP contribution in [0.5, 0.6) is 0 Å². The van der Waals surface area contributed by atoms with Crippen LogP contribution in [0, 0.1) is 5.41 Å². The zero-order chi connectivity index (χ0) is 15.6. The lowest BCUT2D eigenvalue weighted by Gasteiger charge is -2.26. The third-order valence-electron chi connectivity index (χ3n) is 3.71. The summed E-state index contributed by atoms with van der Waals surface area (Å²) in [7, 11) is 0. The van der Waals surface area contributed by atoms with Crippen molar-refractivity contribution in [3.63, 3.8) is 0 Å². The predicted molar refractivity (Wildman–Crippen MR) is 84.1 cm³/mol. The van der Waals surface area contributed by atoms with Crippen LogP contribution in [0.2, 0.25) is 0 Å². The summed E-state index contributed by atoms with van der Waals surface area (Å²) in [5, 5.41) is 2.83. The Kier molecular flexibility index (Phi) is 4.32. The monoisotopic (exact) mass is 289 g/mol. The van der Waals surface area contributed by atoms with Gasteiger partial charge in [0.25, 0.3) is 0 Å². The first-order valence-corrected chi connectivity index (χ1v) is 7.26. The van der Waals surface area contributed by atoms with E-state index in [-0.39, 0.29) is 17.2 Å². The molecule has 0 saturated carbocycles. The number of amides is 2. The average molecular weight is 289 g/mol. The zero-order valence-electron chi connectivity index (χ0n) is 12.8. The Balaban J connectivity index is 2.11. The first-order valence-electron chi connectivity index (χ1n) is 7.26. The first-order chi connectivity index (χ1) is 9.79. The number of nitrogens with zero attached hydrogens (tertiary/aromatic N) is 1. The molecular formula is C16H23N3O2. The highest BCUT2D eigenvalue weighted by molar-refractivity contribution is 5.98. The molecule has 3 N–H and O–H groups in total. The molecule has 2 rings (SSSR count). The topological polar surface area (TPSA) is 75.4 Å². The van der Waals surface area contributed by atoms with Crippen molar-refractivity contribution < 1.29 is 9.59 Å². The lowest BCUT2D eigenvalue weighted by atomic mass is 9.87. The van der Waals surface area contributed by atoms with Gasteiger partial charge in [-0.25, -0.2) is 0 Å². The standard InChI is InChI=1S/C16H23N3O2/c1-16(2,3)14(17)15(21)18-11-6-4-7-12(10-11)19-9-5-8-13(19)20/h4,6-7,10,14H,5,8-9,17H2,1-3H3,(H,18,21)/t14-/m0/s1. The Morgan fingerprint density at radius 2 is 2.10 bits per heavy atom. The third kappa shape index (κ3) is 3.61. The van der Waals surface area contributed by atoms with Crippen molar-refractivity contribution in [2.45, 2.75) is 39.7 Å². The number of hydrogen-bond donors (Lipinski definition) is 2. The number of carbonyl (C=O) groups is 2. The summed E-state index contributed by atoms with van der Waals surface area (Å²) in [6.07, 6.45) is 1.47. The minimum Gasteiger partial charge on any atom is -0.325 e. The molecule has 1 atom stereocenters. The zero-order valence-corrected chi connectivity index (χ0v) is 12.8. The molecule has 1 fully saturated rings. The Morgan fingerprint density at radius 1 is 1.38 bits per heavy atom. The highest BCUT2D eigenvalue weighted by atomic mass is 16.2. The van der Waals surface area contributed by atoms with Gasteiger partial charge in [-0.3, -0.25) is 9.59 Å². The van der Waals surface area contributed by atoms with E-state index in [1.54, 1.807) is 11.0 Å². The number of hydrogen-bond acceptors (Lipinski definition) is 3. The molecule has 5 nitrogen and oxygen atoms in total. The molecule has 0 unspecified atom stereocenters. The third-order valence-corrected chi connectivity index (χ3v) is 3.71.